The molecule has 2 nitrogen and oxygen atoms in total. The van der Waals surface area contributed by atoms with Gasteiger partial charge in [0.1, 0.15) is 0 Å². The average Bonchev–Trinajstić information content (AvgIpc) is 2.18. The number of aliphatic hydroxyl groups is 1. The summed E-state index contributed by atoms with van der Waals surface area (Å²) >= 11 is 5.58. The van der Waals surface area contributed by atoms with Gasteiger partial charge in [-0.05, 0) is 17.7 Å². The summed E-state index contributed by atoms with van der Waals surface area (Å²) in [6, 6.07) is 6.89. The fourth-order valence-electron chi connectivity index (χ4n) is 1.16. The second-order valence-electron chi connectivity index (χ2n) is 3.07. The lowest BCUT2D eigenvalue weighted by atomic mass is 9.91. The van der Waals surface area contributed by atoms with Crippen LogP contribution >= 0.6 is 11.6 Å². The van der Waals surface area contributed by atoms with Crippen LogP contribution in [-0.4, -0.2) is 11.5 Å². The number of nitrogens with zero attached hydrogens (tertiary/aromatic N) is 1. The van der Waals surface area contributed by atoms with Crippen LogP contribution in [0.4, 0.5) is 8.78 Å². The number of rotatable bonds is 3. The molecule has 1 unspecified atom stereocenters. The Morgan fingerprint density at radius 1 is 1.40 bits per heavy atom. The average molecular weight is 232 g/mol. The minimum Gasteiger partial charge on any atom is -0.378 e. The van der Waals surface area contributed by atoms with E-state index in [-0.39, 0.29) is 5.56 Å². The topological polar surface area (TPSA) is 44.0 Å². The molecule has 0 aliphatic rings. The number of hydrogen-bond acceptors (Lipinski definition) is 2. The van der Waals surface area contributed by atoms with E-state index >= 15 is 0 Å². The Hall–Kier alpha value is -1.18. The molecule has 15 heavy (non-hydrogen) atoms. The number of benzene rings is 1. The van der Waals surface area contributed by atoms with Gasteiger partial charge in [-0.2, -0.15) is 5.26 Å². The zero-order chi connectivity index (χ0) is 11.5. The Kier molecular flexibility index (Phi) is 3.61. The van der Waals surface area contributed by atoms with Crippen molar-refractivity contribution in [1.82, 2.24) is 0 Å². The summed E-state index contributed by atoms with van der Waals surface area (Å²) in [6.45, 7) is 0. The maximum absolute atomic E-state index is 12.6. The third-order valence-electron chi connectivity index (χ3n) is 2.05. The number of halogens is 3. The summed E-state index contributed by atoms with van der Waals surface area (Å²) in [4.78, 5) is 0. The molecule has 1 rings (SSSR count). The SMILES string of the molecule is N#CCC(O)(c1ccc(Cl)cc1)C(F)F. The predicted octanol–water partition coefficient (Wildman–Crippen LogP) is 2.71. The summed E-state index contributed by atoms with van der Waals surface area (Å²) in [5.74, 6) is 0. The molecule has 0 spiro atoms. The van der Waals surface area contributed by atoms with E-state index in [1.165, 1.54) is 30.3 Å². The van der Waals surface area contributed by atoms with Crippen LogP contribution < -0.4 is 0 Å². The van der Waals surface area contributed by atoms with Gasteiger partial charge in [0.25, 0.3) is 6.43 Å². The molecule has 0 aromatic heterocycles. The van der Waals surface area contributed by atoms with Crippen molar-refractivity contribution < 1.29 is 13.9 Å². The van der Waals surface area contributed by atoms with Gasteiger partial charge in [-0.25, -0.2) is 8.78 Å². The Morgan fingerprint density at radius 2 is 1.93 bits per heavy atom. The van der Waals surface area contributed by atoms with Crippen LogP contribution in [0.25, 0.3) is 0 Å². The molecule has 0 saturated carbocycles. The smallest absolute Gasteiger partial charge is 0.271 e. The second kappa shape index (κ2) is 4.56. The van der Waals surface area contributed by atoms with Crippen molar-refractivity contribution in [2.75, 3.05) is 0 Å². The minimum atomic E-state index is -3.02. The highest BCUT2D eigenvalue weighted by molar-refractivity contribution is 6.30. The molecule has 1 atom stereocenters. The summed E-state index contributed by atoms with van der Waals surface area (Å²) in [6.07, 6.45) is -3.68. The van der Waals surface area contributed by atoms with E-state index in [4.69, 9.17) is 16.9 Å². The van der Waals surface area contributed by atoms with Crippen LogP contribution in [-0.2, 0) is 5.60 Å². The third-order valence-corrected chi connectivity index (χ3v) is 2.31. The van der Waals surface area contributed by atoms with E-state index in [0.717, 1.165) is 0 Å². The van der Waals surface area contributed by atoms with E-state index in [2.05, 4.69) is 0 Å². The Morgan fingerprint density at radius 3 is 2.33 bits per heavy atom. The lowest BCUT2D eigenvalue weighted by Gasteiger charge is -2.24. The van der Waals surface area contributed by atoms with Crippen molar-refractivity contribution in [1.29, 1.82) is 5.26 Å². The highest BCUT2D eigenvalue weighted by atomic mass is 35.5. The van der Waals surface area contributed by atoms with E-state index in [1.807, 2.05) is 0 Å². The summed E-state index contributed by atoms with van der Waals surface area (Å²) in [5.41, 5.74) is -2.43. The van der Waals surface area contributed by atoms with Crippen molar-refractivity contribution in [3.63, 3.8) is 0 Å². The predicted molar refractivity (Wildman–Crippen MR) is 51.6 cm³/mol. The van der Waals surface area contributed by atoms with E-state index in [0.29, 0.717) is 5.02 Å². The third kappa shape index (κ3) is 2.44. The fourth-order valence-corrected chi connectivity index (χ4v) is 1.29. The maximum Gasteiger partial charge on any atom is 0.271 e. The van der Waals surface area contributed by atoms with Crippen LogP contribution in [0.2, 0.25) is 5.02 Å². The van der Waals surface area contributed by atoms with Gasteiger partial charge >= 0.3 is 0 Å². The number of hydrogen-bond donors (Lipinski definition) is 1. The highest BCUT2D eigenvalue weighted by Gasteiger charge is 2.39. The molecule has 0 aliphatic heterocycles. The van der Waals surface area contributed by atoms with Crippen LogP contribution in [0.5, 0.6) is 0 Å². The Balaban J connectivity index is 3.10. The van der Waals surface area contributed by atoms with Crippen molar-refractivity contribution in [3.05, 3.63) is 34.9 Å². The van der Waals surface area contributed by atoms with Crippen LogP contribution in [0.3, 0.4) is 0 Å². The second-order valence-corrected chi connectivity index (χ2v) is 3.50. The van der Waals surface area contributed by atoms with Gasteiger partial charge in [0.15, 0.2) is 5.60 Å². The summed E-state index contributed by atoms with van der Waals surface area (Å²) in [5, 5.41) is 18.4. The lowest BCUT2D eigenvalue weighted by molar-refractivity contribution is -0.0985. The summed E-state index contributed by atoms with van der Waals surface area (Å²) < 4.78 is 25.2. The molecular weight excluding hydrogens is 224 g/mol. The largest absolute Gasteiger partial charge is 0.378 e. The molecule has 0 radical (unpaired) electrons. The normalized spacial score (nSPS) is 14.7. The maximum atomic E-state index is 12.6. The van der Waals surface area contributed by atoms with Gasteiger partial charge < -0.3 is 5.11 Å². The minimum absolute atomic E-state index is 0.0107. The van der Waals surface area contributed by atoms with Crippen molar-refractivity contribution >= 4 is 11.6 Å². The van der Waals surface area contributed by atoms with Crippen LogP contribution in [0.15, 0.2) is 24.3 Å². The molecule has 0 saturated heterocycles. The van der Waals surface area contributed by atoms with Gasteiger partial charge in [-0.15, -0.1) is 0 Å². The molecule has 80 valence electrons. The zero-order valence-corrected chi connectivity index (χ0v) is 8.38. The van der Waals surface area contributed by atoms with E-state index in [1.54, 1.807) is 0 Å². The molecule has 1 aromatic carbocycles. The number of alkyl halides is 2. The molecule has 0 amide bonds. The first kappa shape index (κ1) is 11.9. The Labute approximate surface area is 90.7 Å². The molecule has 0 aliphatic carbocycles. The van der Waals surface area contributed by atoms with Crippen LogP contribution in [0.1, 0.15) is 12.0 Å². The standard InChI is InChI=1S/C10H8ClF2NO/c11-8-3-1-7(2-4-8)10(15,5-6-14)9(12)13/h1-4,9,15H,5H2. The molecular formula is C10H8ClF2NO. The first-order valence-corrected chi connectivity index (χ1v) is 4.52. The van der Waals surface area contributed by atoms with Gasteiger partial charge in [0, 0.05) is 5.02 Å². The molecule has 5 heteroatoms. The van der Waals surface area contributed by atoms with Gasteiger partial charge in [0.2, 0.25) is 0 Å². The first-order chi connectivity index (χ1) is 7.00. The molecule has 0 fully saturated rings. The summed E-state index contributed by atoms with van der Waals surface area (Å²) in [7, 11) is 0. The highest BCUT2D eigenvalue weighted by Crippen LogP contribution is 2.32. The van der Waals surface area contributed by atoms with Gasteiger partial charge in [0.05, 0.1) is 12.5 Å². The van der Waals surface area contributed by atoms with Crippen molar-refractivity contribution in [2.24, 2.45) is 0 Å². The molecule has 1 aromatic rings. The van der Waals surface area contributed by atoms with E-state index in [9.17, 15) is 13.9 Å². The zero-order valence-electron chi connectivity index (χ0n) is 7.62. The quantitative estimate of drug-likeness (QED) is 0.869. The molecule has 0 heterocycles. The van der Waals surface area contributed by atoms with Crippen LogP contribution in [0, 0.1) is 11.3 Å². The first-order valence-electron chi connectivity index (χ1n) is 4.14. The van der Waals surface area contributed by atoms with Crippen molar-refractivity contribution in [3.8, 4) is 6.07 Å². The molecule has 1 N–H and O–H groups in total. The van der Waals surface area contributed by atoms with Crippen molar-refractivity contribution in [2.45, 2.75) is 18.4 Å². The van der Waals surface area contributed by atoms with Gasteiger partial charge in [-0.3, -0.25) is 0 Å². The monoisotopic (exact) mass is 231 g/mol. The molecule has 0 bridgehead atoms. The number of nitriles is 1. The lowest BCUT2D eigenvalue weighted by Crippen LogP contribution is -2.33. The van der Waals surface area contributed by atoms with Gasteiger partial charge in [-0.1, -0.05) is 23.7 Å². The van der Waals surface area contributed by atoms with E-state index < -0.39 is 18.4 Å². The Bertz CT molecular complexity index is 374. The fraction of sp³-hybridized carbons (Fsp3) is 0.300.